The molecule has 1 nitrogen and oxygen atoms in total. The predicted molar refractivity (Wildman–Crippen MR) is 55.4 cm³/mol. The van der Waals surface area contributed by atoms with Gasteiger partial charge < -0.3 is 4.74 Å². The molecule has 5 atom stereocenters. The molecule has 2 heteroatoms. The SMILES string of the molecule is CCC1OC(Br)C(C)C(C)C1C. The monoisotopic (exact) mass is 234 g/mol. The quantitative estimate of drug-likeness (QED) is 0.633. The van der Waals surface area contributed by atoms with E-state index in [0.29, 0.717) is 17.9 Å². The third-order valence-electron chi connectivity index (χ3n) is 3.37. The topological polar surface area (TPSA) is 9.23 Å². The predicted octanol–water partition coefficient (Wildman–Crippen LogP) is 3.42. The first kappa shape index (κ1) is 10.5. The van der Waals surface area contributed by atoms with Crippen molar-refractivity contribution in [1.82, 2.24) is 0 Å². The Hall–Kier alpha value is 0.440. The van der Waals surface area contributed by atoms with Crippen molar-refractivity contribution in [2.75, 3.05) is 0 Å². The molecule has 1 aliphatic heterocycles. The summed E-state index contributed by atoms with van der Waals surface area (Å²) in [5.74, 6) is 2.08. The Labute approximate surface area is 84.0 Å². The first-order chi connectivity index (χ1) is 5.57. The van der Waals surface area contributed by atoms with E-state index in [1.807, 2.05) is 0 Å². The smallest absolute Gasteiger partial charge is 0.115 e. The lowest BCUT2D eigenvalue weighted by atomic mass is 9.79. The number of ether oxygens (including phenoxy) is 1. The van der Waals surface area contributed by atoms with Gasteiger partial charge in [-0.2, -0.15) is 0 Å². The fourth-order valence-electron chi connectivity index (χ4n) is 1.94. The van der Waals surface area contributed by atoms with E-state index in [-0.39, 0.29) is 5.01 Å². The van der Waals surface area contributed by atoms with Crippen molar-refractivity contribution in [1.29, 1.82) is 0 Å². The lowest BCUT2D eigenvalue weighted by Gasteiger charge is -2.41. The number of hydrogen-bond acceptors (Lipinski definition) is 1. The second kappa shape index (κ2) is 4.10. The molecule has 0 spiro atoms. The summed E-state index contributed by atoms with van der Waals surface area (Å²) in [7, 11) is 0. The second-order valence-electron chi connectivity index (χ2n) is 4.01. The summed E-state index contributed by atoms with van der Waals surface area (Å²) in [6.07, 6.45) is 1.57. The summed E-state index contributed by atoms with van der Waals surface area (Å²) in [6.45, 7) is 9.08. The Bertz CT molecular complexity index is 144. The Morgan fingerprint density at radius 3 is 2.17 bits per heavy atom. The van der Waals surface area contributed by atoms with Gasteiger partial charge in [-0.05, 0) is 24.2 Å². The molecule has 72 valence electrons. The average Bonchev–Trinajstić information content (AvgIpc) is 2.08. The van der Waals surface area contributed by atoms with Crippen LogP contribution in [-0.2, 0) is 4.74 Å². The van der Waals surface area contributed by atoms with Gasteiger partial charge >= 0.3 is 0 Å². The summed E-state index contributed by atoms with van der Waals surface area (Å²) in [5, 5.41) is 0.258. The largest absolute Gasteiger partial charge is 0.363 e. The third-order valence-corrected chi connectivity index (χ3v) is 4.42. The molecule has 0 aromatic heterocycles. The molecular weight excluding hydrogens is 216 g/mol. The molecule has 0 N–H and O–H groups in total. The van der Waals surface area contributed by atoms with Crippen LogP contribution in [0.25, 0.3) is 0 Å². The van der Waals surface area contributed by atoms with Crippen LogP contribution < -0.4 is 0 Å². The van der Waals surface area contributed by atoms with E-state index in [4.69, 9.17) is 4.74 Å². The highest BCUT2D eigenvalue weighted by atomic mass is 79.9. The molecule has 0 aliphatic carbocycles. The van der Waals surface area contributed by atoms with Crippen LogP contribution in [0.1, 0.15) is 34.1 Å². The van der Waals surface area contributed by atoms with Crippen LogP contribution in [0.4, 0.5) is 0 Å². The molecular formula is C10H19BrO. The van der Waals surface area contributed by atoms with E-state index in [1.54, 1.807) is 0 Å². The second-order valence-corrected chi connectivity index (χ2v) is 4.91. The third kappa shape index (κ3) is 1.85. The first-order valence-electron chi connectivity index (χ1n) is 4.87. The number of alkyl halides is 1. The van der Waals surface area contributed by atoms with Gasteiger partial charge in [0.2, 0.25) is 0 Å². The summed E-state index contributed by atoms with van der Waals surface area (Å²) in [5.41, 5.74) is 0. The van der Waals surface area contributed by atoms with E-state index in [9.17, 15) is 0 Å². The van der Waals surface area contributed by atoms with Gasteiger partial charge in [0.15, 0.2) is 0 Å². The molecule has 1 heterocycles. The molecule has 0 saturated carbocycles. The highest BCUT2D eigenvalue weighted by Gasteiger charge is 2.36. The number of rotatable bonds is 1. The van der Waals surface area contributed by atoms with Crippen molar-refractivity contribution < 1.29 is 4.74 Å². The van der Waals surface area contributed by atoms with E-state index >= 15 is 0 Å². The van der Waals surface area contributed by atoms with Gasteiger partial charge in [0.25, 0.3) is 0 Å². The van der Waals surface area contributed by atoms with E-state index < -0.39 is 0 Å². The number of hydrogen-bond donors (Lipinski definition) is 0. The molecule has 1 fully saturated rings. The molecule has 0 aromatic rings. The Morgan fingerprint density at radius 1 is 1.08 bits per heavy atom. The van der Waals surface area contributed by atoms with Gasteiger partial charge in [0, 0.05) is 0 Å². The van der Waals surface area contributed by atoms with Crippen LogP contribution >= 0.6 is 15.9 Å². The molecule has 0 radical (unpaired) electrons. The zero-order valence-electron chi connectivity index (χ0n) is 8.38. The van der Waals surface area contributed by atoms with Gasteiger partial charge in [0.1, 0.15) is 5.01 Å². The minimum atomic E-state index is 0.258. The average molecular weight is 235 g/mol. The zero-order valence-corrected chi connectivity index (χ0v) is 9.97. The van der Waals surface area contributed by atoms with Crippen molar-refractivity contribution >= 4 is 15.9 Å². The fraction of sp³-hybridized carbons (Fsp3) is 1.00. The lowest BCUT2D eigenvalue weighted by molar-refractivity contribution is -0.0914. The van der Waals surface area contributed by atoms with Crippen molar-refractivity contribution in [3.05, 3.63) is 0 Å². The van der Waals surface area contributed by atoms with Crippen LogP contribution in [0.15, 0.2) is 0 Å². The highest BCUT2D eigenvalue weighted by Crippen LogP contribution is 2.38. The number of halogens is 1. The molecule has 5 unspecified atom stereocenters. The summed E-state index contributed by atoms with van der Waals surface area (Å²) < 4.78 is 5.85. The molecule has 0 bridgehead atoms. The Balaban J connectivity index is 2.63. The van der Waals surface area contributed by atoms with Crippen LogP contribution in [-0.4, -0.2) is 11.1 Å². The Morgan fingerprint density at radius 2 is 1.67 bits per heavy atom. The molecule has 1 aliphatic rings. The maximum atomic E-state index is 5.85. The Kier molecular flexibility index (Phi) is 3.59. The summed E-state index contributed by atoms with van der Waals surface area (Å²) in [6, 6.07) is 0. The zero-order chi connectivity index (χ0) is 9.30. The molecule has 0 aromatic carbocycles. The van der Waals surface area contributed by atoms with Crippen molar-refractivity contribution in [3.8, 4) is 0 Å². The van der Waals surface area contributed by atoms with Crippen molar-refractivity contribution in [3.63, 3.8) is 0 Å². The maximum absolute atomic E-state index is 5.85. The van der Waals surface area contributed by atoms with Crippen molar-refractivity contribution in [2.45, 2.75) is 45.2 Å². The van der Waals surface area contributed by atoms with Gasteiger partial charge in [-0.1, -0.05) is 43.6 Å². The standard InChI is InChI=1S/C10H19BrO/c1-5-9-7(3)6(2)8(4)10(11)12-9/h6-10H,5H2,1-4H3. The van der Waals surface area contributed by atoms with Gasteiger partial charge in [0.05, 0.1) is 6.10 Å². The first-order valence-corrected chi connectivity index (χ1v) is 5.79. The van der Waals surface area contributed by atoms with Gasteiger partial charge in [-0.25, -0.2) is 0 Å². The van der Waals surface area contributed by atoms with Crippen LogP contribution in [0, 0.1) is 17.8 Å². The summed E-state index contributed by atoms with van der Waals surface area (Å²) in [4.78, 5) is 0. The van der Waals surface area contributed by atoms with E-state index in [2.05, 4.69) is 43.6 Å². The molecule has 0 amide bonds. The highest BCUT2D eigenvalue weighted by molar-refractivity contribution is 9.09. The van der Waals surface area contributed by atoms with Gasteiger partial charge in [-0.3, -0.25) is 0 Å². The molecule has 12 heavy (non-hydrogen) atoms. The van der Waals surface area contributed by atoms with Crippen LogP contribution in [0.3, 0.4) is 0 Å². The molecule has 1 rings (SSSR count). The normalized spacial score (nSPS) is 49.2. The lowest BCUT2D eigenvalue weighted by Crippen LogP contribution is -2.41. The maximum Gasteiger partial charge on any atom is 0.115 e. The molecule has 1 saturated heterocycles. The minimum absolute atomic E-state index is 0.258. The van der Waals surface area contributed by atoms with E-state index in [0.717, 1.165) is 12.3 Å². The van der Waals surface area contributed by atoms with Crippen molar-refractivity contribution in [2.24, 2.45) is 17.8 Å². The van der Waals surface area contributed by atoms with Crippen LogP contribution in [0.5, 0.6) is 0 Å². The minimum Gasteiger partial charge on any atom is -0.363 e. The fourth-order valence-corrected chi connectivity index (χ4v) is 2.70. The van der Waals surface area contributed by atoms with Gasteiger partial charge in [-0.15, -0.1) is 0 Å². The van der Waals surface area contributed by atoms with E-state index in [1.165, 1.54) is 0 Å². The van der Waals surface area contributed by atoms with Crippen LogP contribution in [0.2, 0.25) is 0 Å². The summed E-state index contributed by atoms with van der Waals surface area (Å²) >= 11 is 3.58.